The van der Waals surface area contributed by atoms with Crippen LogP contribution in [-0.2, 0) is 11.3 Å². The second-order valence-electron chi connectivity index (χ2n) is 4.86. The van der Waals surface area contributed by atoms with Crippen molar-refractivity contribution in [2.75, 3.05) is 38.3 Å². The lowest BCUT2D eigenvalue weighted by molar-refractivity contribution is 0.161. The summed E-state index contributed by atoms with van der Waals surface area (Å²) in [4.78, 5) is 6.90. The van der Waals surface area contributed by atoms with E-state index in [0.717, 1.165) is 38.6 Å². The molecule has 1 N–H and O–H groups in total. The fraction of sp³-hybridized carbons (Fsp3) is 0.643. The highest BCUT2D eigenvalue weighted by molar-refractivity contribution is 5.40. The molecule has 1 aliphatic heterocycles. The molecule has 4 heteroatoms. The Balaban J connectivity index is 1.90. The van der Waals surface area contributed by atoms with Crippen LogP contribution in [0.4, 0.5) is 5.82 Å². The first-order chi connectivity index (χ1) is 8.83. The lowest BCUT2D eigenvalue weighted by atomic mass is 10.1. The Hall–Kier alpha value is -1.13. The zero-order valence-electron chi connectivity index (χ0n) is 11.4. The second-order valence-corrected chi connectivity index (χ2v) is 4.86. The van der Waals surface area contributed by atoms with Gasteiger partial charge in [-0.25, -0.2) is 4.98 Å². The number of nitrogens with zero attached hydrogens (tertiary/aromatic N) is 2. The van der Waals surface area contributed by atoms with E-state index < -0.39 is 0 Å². The van der Waals surface area contributed by atoms with Crippen LogP contribution in [0.15, 0.2) is 18.3 Å². The Morgan fingerprint density at radius 3 is 3.06 bits per heavy atom. The molecule has 1 atom stereocenters. The summed E-state index contributed by atoms with van der Waals surface area (Å²) >= 11 is 0. The van der Waals surface area contributed by atoms with E-state index in [1.807, 2.05) is 6.20 Å². The Morgan fingerprint density at radius 1 is 1.50 bits per heavy atom. The number of nitrogens with one attached hydrogen (secondary N) is 1. The monoisotopic (exact) mass is 249 g/mol. The van der Waals surface area contributed by atoms with Gasteiger partial charge in [-0.2, -0.15) is 0 Å². The third-order valence-electron chi connectivity index (χ3n) is 3.40. The van der Waals surface area contributed by atoms with Crippen molar-refractivity contribution in [3.63, 3.8) is 0 Å². The molecule has 0 amide bonds. The number of hydrogen-bond donors (Lipinski definition) is 1. The molecular formula is C14H23N3O. The molecule has 1 fully saturated rings. The van der Waals surface area contributed by atoms with Gasteiger partial charge >= 0.3 is 0 Å². The van der Waals surface area contributed by atoms with Gasteiger partial charge < -0.3 is 15.0 Å². The smallest absolute Gasteiger partial charge is 0.128 e. The van der Waals surface area contributed by atoms with Crippen LogP contribution in [0.5, 0.6) is 0 Å². The van der Waals surface area contributed by atoms with Crippen LogP contribution < -0.4 is 10.2 Å². The SMILES string of the molecule is CCNCc1ccc(N2CCC(COC)C2)nc1. The predicted octanol–water partition coefficient (Wildman–Crippen LogP) is 1.66. The van der Waals surface area contributed by atoms with Crippen LogP contribution in [-0.4, -0.2) is 38.3 Å². The normalized spacial score (nSPS) is 19.4. The first-order valence-corrected chi connectivity index (χ1v) is 6.73. The van der Waals surface area contributed by atoms with E-state index in [0.29, 0.717) is 5.92 Å². The highest BCUT2D eigenvalue weighted by atomic mass is 16.5. The van der Waals surface area contributed by atoms with Gasteiger partial charge in [0.15, 0.2) is 0 Å². The van der Waals surface area contributed by atoms with Crippen LogP contribution in [0.25, 0.3) is 0 Å². The van der Waals surface area contributed by atoms with Crippen LogP contribution in [0.2, 0.25) is 0 Å². The Labute approximate surface area is 109 Å². The van der Waals surface area contributed by atoms with E-state index >= 15 is 0 Å². The van der Waals surface area contributed by atoms with Gasteiger partial charge in [0.2, 0.25) is 0 Å². The third-order valence-corrected chi connectivity index (χ3v) is 3.40. The maximum Gasteiger partial charge on any atom is 0.128 e. The number of methoxy groups -OCH3 is 1. The second kappa shape index (κ2) is 6.71. The molecule has 0 bridgehead atoms. The average Bonchev–Trinajstić information content (AvgIpc) is 2.86. The number of pyridine rings is 1. The van der Waals surface area contributed by atoms with E-state index in [4.69, 9.17) is 4.74 Å². The molecule has 1 aromatic rings. The van der Waals surface area contributed by atoms with Crippen LogP contribution in [0, 0.1) is 5.92 Å². The summed E-state index contributed by atoms with van der Waals surface area (Å²) in [6.07, 6.45) is 3.18. The summed E-state index contributed by atoms with van der Waals surface area (Å²) < 4.78 is 5.22. The number of ether oxygens (including phenoxy) is 1. The molecule has 2 heterocycles. The van der Waals surface area contributed by atoms with Crippen LogP contribution in [0.1, 0.15) is 18.9 Å². The van der Waals surface area contributed by atoms with Crippen molar-refractivity contribution < 1.29 is 4.74 Å². The molecule has 1 aromatic heterocycles. The Bertz CT molecular complexity index is 353. The number of rotatable bonds is 6. The highest BCUT2D eigenvalue weighted by Crippen LogP contribution is 2.22. The molecule has 100 valence electrons. The fourth-order valence-electron chi connectivity index (χ4n) is 2.39. The van der Waals surface area contributed by atoms with Crippen molar-refractivity contribution in [3.8, 4) is 0 Å². The molecule has 0 aliphatic carbocycles. The summed E-state index contributed by atoms with van der Waals surface area (Å²) in [6.45, 7) is 7.01. The number of hydrogen-bond acceptors (Lipinski definition) is 4. The van der Waals surface area contributed by atoms with Crippen molar-refractivity contribution in [2.45, 2.75) is 19.9 Å². The van der Waals surface area contributed by atoms with Gasteiger partial charge in [-0.15, -0.1) is 0 Å². The van der Waals surface area contributed by atoms with Gasteiger partial charge in [-0.05, 0) is 24.6 Å². The summed E-state index contributed by atoms with van der Waals surface area (Å²) in [6, 6.07) is 4.29. The first kappa shape index (κ1) is 13.3. The van der Waals surface area contributed by atoms with Gasteiger partial charge in [0.1, 0.15) is 5.82 Å². The van der Waals surface area contributed by atoms with Gasteiger partial charge in [0, 0.05) is 38.9 Å². The summed E-state index contributed by atoms with van der Waals surface area (Å²) in [7, 11) is 1.77. The van der Waals surface area contributed by atoms with E-state index in [1.54, 1.807) is 7.11 Å². The van der Waals surface area contributed by atoms with Crippen molar-refractivity contribution in [2.24, 2.45) is 5.92 Å². The minimum Gasteiger partial charge on any atom is -0.384 e. The Kier molecular flexibility index (Phi) is 4.96. The van der Waals surface area contributed by atoms with Crippen molar-refractivity contribution in [3.05, 3.63) is 23.9 Å². The topological polar surface area (TPSA) is 37.4 Å². The van der Waals surface area contributed by atoms with Gasteiger partial charge in [0.05, 0.1) is 6.61 Å². The van der Waals surface area contributed by atoms with Crippen molar-refractivity contribution in [1.29, 1.82) is 0 Å². The Morgan fingerprint density at radius 2 is 2.39 bits per heavy atom. The molecule has 1 saturated heterocycles. The van der Waals surface area contributed by atoms with E-state index in [1.165, 1.54) is 12.0 Å². The number of anilines is 1. The molecule has 0 saturated carbocycles. The van der Waals surface area contributed by atoms with Crippen molar-refractivity contribution in [1.82, 2.24) is 10.3 Å². The molecule has 0 spiro atoms. The predicted molar refractivity (Wildman–Crippen MR) is 73.8 cm³/mol. The standard InChI is InChI=1S/C14H23N3O/c1-3-15-8-12-4-5-14(16-9-12)17-7-6-13(10-17)11-18-2/h4-5,9,13,15H,3,6-8,10-11H2,1-2H3. The molecule has 1 aliphatic rings. The van der Waals surface area contributed by atoms with E-state index in [-0.39, 0.29) is 0 Å². The molecule has 18 heavy (non-hydrogen) atoms. The molecule has 4 nitrogen and oxygen atoms in total. The third kappa shape index (κ3) is 3.43. The highest BCUT2D eigenvalue weighted by Gasteiger charge is 2.23. The van der Waals surface area contributed by atoms with Crippen LogP contribution >= 0.6 is 0 Å². The first-order valence-electron chi connectivity index (χ1n) is 6.73. The molecule has 0 radical (unpaired) electrons. The summed E-state index contributed by atoms with van der Waals surface area (Å²) in [5, 5.41) is 3.31. The lowest BCUT2D eigenvalue weighted by Crippen LogP contribution is -2.22. The summed E-state index contributed by atoms with van der Waals surface area (Å²) in [5.74, 6) is 1.74. The zero-order valence-corrected chi connectivity index (χ0v) is 11.4. The van der Waals surface area contributed by atoms with E-state index in [2.05, 4.69) is 34.3 Å². The molecule has 2 rings (SSSR count). The maximum atomic E-state index is 5.22. The molecular weight excluding hydrogens is 226 g/mol. The minimum absolute atomic E-state index is 0.651. The molecule has 0 aromatic carbocycles. The minimum atomic E-state index is 0.651. The largest absolute Gasteiger partial charge is 0.384 e. The van der Waals surface area contributed by atoms with Gasteiger partial charge in [0.25, 0.3) is 0 Å². The summed E-state index contributed by atoms with van der Waals surface area (Å²) in [5.41, 5.74) is 1.24. The quantitative estimate of drug-likeness (QED) is 0.832. The van der Waals surface area contributed by atoms with Crippen molar-refractivity contribution >= 4 is 5.82 Å². The van der Waals surface area contributed by atoms with Gasteiger partial charge in [-0.1, -0.05) is 13.0 Å². The van der Waals surface area contributed by atoms with Crippen LogP contribution in [0.3, 0.4) is 0 Å². The maximum absolute atomic E-state index is 5.22. The van der Waals surface area contributed by atoms with Gasteiger partial charge in [-0.3, -0.25) is 0 Å². The average molecular weight is 249 g/mol. The lowest BCUT2D eigenvalue weighted by Gasteiger charge is -2.17. The van der Waals surface area contributed by atoms with E-state index in [9.17, 15) is 0 Å². The fourth-order valence-corrected chi connectivity index (χ4v) is 2.39. The zero-order chi connectivity index (χ0) is 12.8. The number of aromatic nitrogens is 1. The molecule has 1 unspecified atom stereocenters.